The first-order valence-electron chi connectivity index (χ1n) is 5.86. The highest BCUT2D eigenvalue weighted by Crippen LogP contribution is 2.30. The molecule has 0 bridgehead atoms. The van der Waals surface area contributed by atoms with E-state index in [1.165, 1.54) is 17.7 Å². The standard InChI is InChI=1S/C13H14BrN3/c14-10-5-1-2-6-13(10)17-12-7-3-4-9(12)11(8-15)16-17/h1-2,5-6H,3-4,7-8,15H2. The van der Waals surface area contributed by atoms with E-state index in [1.54, 1.807) is 0 Å². The zero-order valence-corrected chi connectivity index (χ0v) is 11.1. The van der Waals surface area contributed by atoms with Crippen molar-refractivity contribution in [2.75, 3.05) is 0 Å². The van der Waals surface area contributed by atoms with Crippen LogP contribution in [0, 0.1) is 0 Å². The molecule has 2 N–H and O–H groups in total. The van der Waals surface area contributed by atoms with Crippen LogP contribution in [0.4, 0.5) is 0 Å². The Morgan fingerprint density at radius 1 is 1.29 bits per heavy atom. The average Bonchev–Trinajstić information content (AvgIpc) is 2.91. The van der Waals surface area contributed by atoms with Crippen LogP contribution in [0.15, 0.2) is 28.7 Å². The Kier molecular flexibility index (Phi) is 2.76. The summed E-state index contributed by atoms with van der Waals surface area (Å²) in [6, 6.07) is 8.17. The van der Waals surface area contributed by atoms with Gasteiger partial charge in [-0.1, -0.05) is 12.1 Å². The van der Waals surface area contributed by atoms with E-state index in [1.807, 2.05) is 18.2 Å². The summed E-state index contributed by atoms with van der Waals surface area (Å²) < 4.78 is 3.12. The van der Waals surface area contributed by atoms with Crippen LogP contribution in [0.5, 0.6) is 0 Å². The van der Waals surface area contributed by atoms with Crippen LogP contribution in [-0.4, -0.2) is 9.78 Å². The Morgan fingerprint density at radius 3 is 2.88 bits per heavy atom. The molecule has 0 spiro atoms. The second kappa shape index (κ2) is 4.27. The van der Waals surface area contributed by atoms with Gasteiger partial charge in [-0.25, -0.2) is 4.68 Å². The van der Waals surface area contributed by atoms with E-state index < -0.39 is 0 Å². The maximum Gasteiger partial charge on any atom is 0.0799 e. The second-order valence-electron chi connectivity index (χ2n) is 4.29. The van der Waals surface area contributed by atoms with E-state index in [-0.39, 0.29) is 0 Å². The molecule has 2 aromatic rings. The number of hydrogen-bond donors (Lipinski definition) is 1. The SMILES string of the molecule is NCc1nn(-c2ccccc2Br)c2c1CCC2. The molecule has 0 unspecified atom stereocenters. The maximum absolute atomic E-state index is 5.76. The first-order chi connectivity index (χ1) is 8.31. The molecule has 4 heteroatoms. The molecule has 3 rings (SSSR count). The van der Waals surface area contributed by atoms with Crippen molar-refractivity contribution in [3.63, 3.8) is 0 Å². The van der Waals surface area contributed by atoms with Gasteiger partial charge >= 0.3 is 0 Å². The molecule has 0 atom stereocenters. The second-order valence-corrected chi connectivity index (χ2v) is 5.15. The van der Waals surface area contributed by atoms with Gasteiger partial charge in [-0.3, -0.25) is 0 Å². The van der Waals surface area contributed by atoms with Gasteiger partial charge in [-0.2, -0.15) is 5.10 Å². The van der Waals surface area contributed by atoms with Crippen molar-refractivity contribution in [2.24, 2.45) is 5.73 Å². The minimum atomic E-state index is 0.528. The molecule has 1 heterocycles. The van der Waals surface area contributed by atoms with Crippen LogP contribution in [0.3, 0.4) is 0 Å². The quantitative estimate of drug-likeness (QED) is 0.924. The summed E-state index contributed by atoms with van der Waals surface area (Å²) in [7, 11) is 0. The van der Waals surface area contributed by atoms with Crippen molar-refractivity contribution in [3.05, 3.63) is 45.7 Å². The summed E-state index contributed by atoms with van der Waals surface area (Å²) in [5, 5.41) is 4.64. The normalized spacial score (nSPS) is 14.0. The molecule has 17 heavy (non-hydrogen) atoms. The molecule has 1 aliphatic rings. The van der Waals surface area contributed by atoms with Crippen LogP contribution in [0.1, 0.15) is 23.4 Å². The average molecular weight is 292 g/mol. The lowest BCUT2D eigenvalue weighted by Gasteiger charge is -2.07. The van der Waals surface area contributed by atoms with Gasteiger partial charge in [0.15, 0.2) is 0 Å². The molecule has 0 saturated heterocycles. The van der Waals surface area contributed by atoms with E-state index in [2.05, 4.69) is 31.8 Å². The van der Waals surface area contributed by atoms with Crippen LogP contribution in [-0.2, 0) is 19.4 Å². The fourth-order valence-corrected chi connectivity index (χ4v) is 2.95. The summed E-state index contributed by atoms with van der Waals surface area (Å²) in [5.74, 6) is 0. The van der Waals surface area contributed by atoms with Gasteiger partial charge in [-0.15, -0.1) is 0 Å². The lowest BCUT2D eigenvalue weighted by Crippen LogP contribution is -2.04. The zero-order valence-electron chi connectivity index (χ0n) is 9.49. The van der Waals surface area contributed by atoms with Crippen molar-refractivity contribution >= 4 is 15.9 Å². The molecule has 1 aromatic carbocycles. The van der Waals surface area contributed by atoms with Crippen LogP contribution in [0.25, 0.3) is 5.69 Å². The van der Waals surface area contributed by atoms with Crippen molar-refractivity contribution in [2.45, 2.75) is 25.8 Å². The van der Waals surface area contributed by atoms with Gasteiger partial charge in [0.25, 0.3) is 0 Å². The first-order valence-corrected chi connectivity index (χ1v) is 6.65. The molecule has 0 amide bonds. The third-order valence-electron chi connectivity index (χ3n) is 3.29. The minimum absolute atomic E-state index is 0.528. The first kappa shape index (κ1) is 11.0. The van der Waals surface area contributed by atoms with E-state index in [0.29, 0.717) is 6.54 Å². The number of rotatable bonds is 2. The zero-order chi connectivity index (χ0) is 11.8. The lowest BCUT2D eigenvalue weighted by atomic mass is 10.2. The van der Waals surface area contributed by atoms with Crippen molar-refractivity contribution in [1.82, 2.24) is 9.78 Å². The summed E-state index contributed by atoms with van der Waals surface area (Å²) in [4.78, 5) is 0. The van der Waals surface area contributed by atoms with E-state index in [0.717, 1.165) is 28.7 Å². The van der Waals surface area contributed by atoms with Gasteiger partial charge < -0.3 is 5.73 Å². The molecular weight excluding hydrogens is 278 g/mol. The highest BCUT2D eigenvalue weighted by atomic mass is 79.9. The molecule has 1 aliphatic carbocycles. The number of benzene rings is 1. The molecule has 0 saturated carbocycles. The largest absolute Gasteiger partial charge is 0.325 e. The number of nitrogens with zero attached hydrogens (tertiary/aromatic N) is 2. The van der Waals surface area contributed by atoms with Crippen molar-refractivity contribution in [1.29, 1.82) is 0 Å². The fourth-order valence-electron chi connectivity index (χ4n) is 2.50. The Labute approximate surface area is 109 Å². The Morgan fingerprint density at radius 2 is 2.12 bits per heavy atom. The summed E-state index contributed by atoms with van der Waals surface area (Å²) in [6.07, 6.45) is 3.43. The Hall–Kier alpha value is -1.13. The van der Waals surface area contributed by atoms with E-state index in [9.17, 15) is 0 Å². The molecular formula is C13H14BrN3. The number of fused-ring (bicyclic) bond motifs is 1. The third-order valence-corrected chi connectivity index (χ3v) is 3.96. The van der Waals surface area contributed by atoms with E-state index >= 15 is 0 Å². The summed E-state index contributed by atoms with van der Waals surface area (Å²) >= 11 is 3.58. The number of halogens is 1. The van der Waals surface area contributed by atoms with Crippen LogP contribution >= 0.6 is 15.9 Å². The van der Waals surface area contributed by atoms with Crippen molar-refractivity contribution in [3.8, 4) is 5.69 Å². The highest BCUT2D eigenvalue weighted by Gasteiger charge is 2.22. The van der Waals surface area contributed by atoms with Gasteiger partial charge in [0, 0.05) is 16.7 Å². The molecule has 0 aliphatic heterocycles. The molecule has 0 radical (unpaired) electrons. The minimum Gasteiger partial charge on any atom is -0.325 e. The third kappa shape index (κ3) is 1.72. The number of nitrogens with two attached hydrogens (primary N) is 1. The number of aromatic nitrogens is 2. The van der Waals surface area contributed by atoms with Gasteiger partial charge in [0.1, 0.15) is 0 Å². The summed E-state index contributed by atoms with van der Waals surface area (Å²) in [6.45, 7) is 0.528. The fraction of sp³-hybridized carbons (Fsp3) is 0.308. The highest BCUT2D eigenvalue weighted by molar-refractivity contribution is 9.10. The topological polar surface area (TPSA) is 43.8 Å². The number of para-hydroxylation sites is 1. The lowest BCUT2D eigenvalue weighted by molar-refractivity contribution is 0.756. The van der Waals surface area contributed by atoms with Gasteiger partial charge in [0.05, 0.1) is 11.4 Å². The summed E-state index contributed by atoms with van der Waals surface area (Å²) in [5.41, 5.74) is 10.6. The molecule has 3 nitrogen and oxygen atoms in total. The maximum atomic E-state index is 5.76. The van der Waals surface area contributed by atoms with Gasteiger partial charge in [0.2, 0.25) is 0 Å². The van der Waals surface area contributed by atoms with Crippen LogP contribution < -0.4 is 5.73 Å². The van der Waals surface area contributed by atoms with E-state index in [4.69, 9.17) is 5.73 Å². The van der Waals surface area contributed by atoms with Gasteiger partial charge in [-0.05, 0) is 52.9 Å². The molecule has 1 aromatic heterocycles. The monoisotopic (exact) mass is 291 g/mol. The predicted octanol–water partition coefficient (Wildman–Crippen LogP) is 2.58. The van der Waals surface area contributed by atoms with Crippen LogP contribution in [0.2, 0.25) is 0 Å². The predicted molar refractivity (Wildman–Crippen MR) is 71.2 cm³/mol. The molecule has 88 valence electrons. The smallest absolute Gasteiger partial charge is 0.0799 e. The number of hydrogen-bond acceptors (Lipinski definition) is 2. The van der Waals surface area contributed by atoms with Crippen molar-refractivity contribution < 1.29 is 0 Å². The Balaban J connectivity index is 2.19. The molecule has 0 fully saturated rings. The Bertz CT molecular complexity index is 560.